The Morgan fingerprint density at radius 3 is 1.04 bits per heavy atom. The fraction of sp³-hybridized carbons (Fsp3) is 1.00. The Hall–Kier alpha value is 0.260. The molecular weight excluding hydrogens is 377 g/mol. The van der Waals surface area contributed by atoms with Gasteiger partial charge in [0.1, 0.15) is 0 Å². The van der Waals surface area contributed by atoms with Gasteiger partial charge in [0, 0.05) is 7.11 Å². The van der Waals surface area contributed by atoms with Gasteiger partial charge in [0.2, 0.25) is 0 Å². The van der Waals surface area contributed by atoms with Crippen LogP contribution in [0.2, 0.25) is 0 Å². The normalized spacial score (nSPS) is 11.5. The predicted octanol–water partition coefficient (Wildman–Crippen LogP) is 1.34. The van der Waals surface area contributed by atoms with Gasteiger partial charge in [0.05, 0.1) is 92.4 Å². The maximum absolute atomic E-state index is 5.41. The van der Waals surface area contributed by atoms with Gasteiger partial charge in [-0.15, -0.1) is 3.94 Å². The molecule has 10 heteroatoms. The highest BCUT2D eigenvalue weighted by Gasteiger charge is 1.96. The van der Waals surface area contributed by atoms with E-state index < -0.39 is 0 Å². The van der Waals surface area contributed by atoms with Gasteiger partial charge >= 0.3 is 0 Å². The van der Waals surface area contributed by atoms with E-state index in [-0.39, 0.29) is 0 Å². The molecule has 0 rings (SSSR count). The lowest BCUT2D eigenvalue weighted by molar-refractivity contribution is -0.0190. The van der Waals surface area contributed by atoms with Crippen LogP contribution in [-0.4, -0.2) is 103 Å². The minimum atomic E-state index is 0.458. The highest BCUT2D eigenvalue weighted by Crippen LogP contribution is 1.96. The summed E-state index contributed by atoms with van der Waals surface area (Å²) < 4.78 is 37.8. The molecule has 0 saturated heterocycles. The molecule has 0 heterocycles. The molecule has 0 aromatic heterocycles. The second-order valence-corrected chi connectivity index (χ2v) is 5.68. The maximum Gasteiger partial charge on any atom is 0.0701 e. The van der Waals surface area contributed by atoms with E-state index in [1.165, 1.54) is 0 Å². The van der Waals surface area contributed by atoms with Crippen LogP contribution in [-0.2, 0) is 33.2 Å². The standard InChI is InChI=1S/C15H31Cl2NO7/c1-19-4-5-21-8-9-23-12-13-25-15-14-24-11-10-22-7-6-20-3-2-18(16)17/h2-15H2,1H3. The van der Waals surface area contributed by atoms with Crippen molar-refractivity contribution in [2.45, 2.75) is 0 Å². The second kappa shape index (κ2) is 22.3. The zero-order valence-corrected chi connectivity index (χ0v) is 16.5. The number of methoxy groups -OCH3 is 1. The molecule has 0 N–H and O–H groups in total. The highest BCUT2D eigenvalue weighted by atomic mass is 35.5. The van der Waals surface area contributed by atoms with Gasteiger partial charge in [-0.1, -0.05) is 0 Å². The van der Waals surface area contributed by atoms with Gasteiger partial charge in [-0.05, 0) is 23.6 Å². The van der Waals surface area contributed by atoms with Crippen molar-refractivity contribution in [2.24, 2.45) is 0 Å². The third-order valence-corrected chi connectivity index (χ3v) is 3.03. The van der Waals surface area contributed by atoms with E-state index in [2.05, 4.69) is 0 Å². The molecule has 0 aromatic carbocycles. The molecular formula is C15H31Cl2NO7. The first-order valence-electron chi connectivity index (χ1n) is 8.32. The summed E-state index contributed by atoms with van der Waals surface area (Å²) in [5.74, 6) is 0. The molecule has 0 saturated carbocycles. The molecule has 0 amide bonds. The quantitative estimate of drug-likeness (QED) is 0.208. The molecule has 0 aliphatic heterocycles. The second-order valence-electron chi connectivity index (χ2n) is 4.69. The Morgan fingerprint density at radius 1 is 0.480 bits per heavy atom. The van der Waals surface area contributed by atoms with Crippen molar-refractivity contribution < 1.29 is 33.2 Å². The molecule has 25 heavy (non-hydrogen) atoms. The SMILES string of the molecule is COCCOCCOCCOCCOCCOCCOCCN(Cl)Cl. The predicted molar refractivity (Wildman–Crippen MR) is 95.2 cm³/mol. The van der Waals surface area contributed by atoms with Crippen LogP contribution in [0.15, 0.2) is 0 Å². The van der Waals surface area contributed by atoms with Gasteiger partial charge in [0.25, 0.3) is 0 Å². The van der Waals surface area contributed by atoms with E-state index in [9.17, 15) is 0 Å². The molecule has 152 valence electrons. The van der Waals surface area contributed by atoms with Crippen molar-refractivity contribution in [1.82, 2.24) is 3.94 Å². The number of hydrogen-bond acceptors (Lipinski definition) is 8. The third kappa shape index (κ3) is 24.3. The maximum atomic E-state index is 5.41. The average molecular weight is 408 g/mol. The van der Waals surface area contributed by atoms with E-state index >= 15 is 0 Å². The summed E-state index contributed by atoms with van der Waals surface area (Å²) in [6.45, 7) is 7.44. The van der Waals surface area contributed by atoms with Crippen LogP contribution in [0.1, 0.15) is 0 Å². The van der Waals surface area contributed by atoms with Crippen molar-refractivity contribution in [2.75, 3.05) is 99.5 Å². The molecule has 0 spiro atoms. The van der Waals surface area contributed by atoms with E-state index in [4.69, 9.17) is 56.7 Å². The topological polar surface area (TPSA) is 67.9 Å². The Kier molecular flexibility index (Phi) is 22.5. The molecule has 0 aromatic rings. The lowest BCUT2D eigenvalue weighted by Crippen LogP contribution is -2.15. The number of hydrogen-bond donors (Lipinski definition) is 0. The molecule has 0 aliphatic carbocycles. The minimum Gasteiger partial charge on any atom is -0.382 e. The lowest BCUT2D eigenvalue weighted by Gasteiger charge is -2.08. The lowest BCUT2D eigenvalue weighted by atomic mass is 10.6. The molecule has 0 fully saturated rings. The number of nitrogens with zero attached hydrogens (tertiary/aromatic N) is 1. The van der Waals surface area contributed by atoms with E-state index in [1.54, 1.807) is 7.11 Å². The summed E-state index contributed by atoms with van der Waals surface area (Å²) in [6, 6.07) is 0. The monoisotopic (exact) mass is 407 g/mol. The summed E-state index contributed by atoms with van der Waals surface area (Å²) in [6.07, 6.45) is 0. The van der Waals surface area contributed by atoms with E-state index in [0.717, 1.165) is 3.94 Å². The van der Waals surface area contributed by atoms with Crippen molar-refractivity contribution >= 4 is 23.6 Å². The van der Waals surface area contributed by atoms with Crippen molar-refractivity contribution in [3.63, 3.8) is 0 Å². The summed E-state index contributed by atoms with van der Waals surface area (Å²) in [5, 5.41) is 0. The first-order valence-corrected chi connectivity index (χ1v) is 8.99. The summed E-state index contributed by atoms with van der Waals surface area (Å²) in [7, 11) is 1.64. The molecule has 0 bridgehead atoms. The van der Waals surface area contributed by atoms with Crippen LogP contribution >= 0.6 is 23.6 Å². The third-order valence-electron chi connectivity index (χ3n) is 2.70. The van der Waals surface area contributed by atoms with Gasteiger partial charge in [-0.3, -0.25) is 0 Å². The smallest absolute Gasteiger partial charge is 0.0701 e. The molecule has 0 aliphatic rings. The van der Waals surface area contributed by atoms with Gasteiger partial charge < -0.3 is 33.2 Å². The Labute approximate surface area is 160 Å². The van der Waals surface area contributed by atoms with Gasteiger partial charge in [-0.2, -0.15) is 0 Å². The van der Waals surface area contributed by atoms with Crippen molar-refractivity contribution in [1.29, 1.82) is 0 Å². The first kappa shape index (κ1) is 25.3. The number of rotatable bonds is 21. The van der Waals surface area contributed by atoms with Crippen LogP contribution in [0.4, 0.5) is 0 Å². The zero-order valence-electron chi connectivity index (χ0n) is 15.0. The summed E-state index contributed by atoms with van der Waals surface area (Å²) >= 11 is 10.8. The molecule has 8 nitrogen and oxygen atoms in total. The van der Waals surface area contributed by atoms with Crippen LogP contribution in [0.3, 0.4) is 0 Å². The molecule has 0 atom stereocenters. The fourth-order valence-electron chi connectivity index (χ4n) is 1.48. The van der Waals surface area contributed by atoms with Crippen molar-refractivity contribution in [3.05, 3.63) is 0 Å². The van der Waals surface area contributed by atoms with E-state index in [0.29, 0.717) is 92.4 Å². The van der Waals surface area contributed by atoms with Crippen molar-refractivity contribution in [3.8, 4) is 0 Å². The van der Waals surface area contributed by atoms with Crippen LogP contribution in [0, 0.1) is 0 Å². The summed E-state index contributed by atoms with van der Waals surface area (Å²) in [5.41, 5.74) is 0. The Morgan fingerprint density at radius 2 is 0.760 bits per heavy atom. The van der Waals surface area contributed by atoms with Crippen LogP contribution in [0.5, 0.6) is 0 Å². The number of ether oxygens (including phenoxy) is 7. The van der Waals surface area contributed by atoms with Crippen LogP contribution in [0.25, 0.3) is 0 Å². The van der Waals surface area contributed by atoms with Gasteiger partial charge in [0.15, 0.2) is 0 Å². The Bertz CT molecular complexity index is 254. The molecule has 0 unspecified atom stereocenters. The average Bonchev–Trinajstić information content (AvgIpc) is 2.60. The van der Waals surface area contributed by atoms with Crippen LogP contribution < -0.4 is 0 Å². The summed E-state index contributed by atoms with van der Waals surface area (Å²) in [4.78, 5) is 0. The number of halogens is 2. The highest BCUT2D eigenvalue weighted by molar-refractivity contribution is 6.33. The minimum absolute atomic E-state index is 0.458. The Balaban J connectivity index is 2.96. The first-order chi connectivity index (χ1) is 12.3. The largest absolute Gasteiger partial charge is 0.382 e. The van der Waals surface area contributed by atoms with E-state index in [1.807, 2.05) is 0 Å². The fourth-order valence-corrected chi connectivity index (χ4v) is 1.62. The zero-order chi connectivity index (χ0) is 18.4. The molecule has 0 radical (unpaired) electrons. The van der Waals surface area contributed by atoms with Gasteiger partial charge in [-0.25, -0.2) is 0 Å².